The minimum absolute atomic E-state index is 0.142. The molecule has 0 unspecified atom stereocenters. The van der Waals surface area contributed by atoms with Crippen LogP contribution in [0, 0.1) is 28.5 Å². The quantitative estimate of drug-likeness (QED) is 0.754. The Bertz CT molecular complexity index is 570. The molecule has 1 heterocycles. The predicted octanol–water partition coefficient (Wildman–Crippen LogP) is 2.47. The van der Waals surface area contributed by atoms with Gasteiger partial charge in [0.2, 0.25) is 0 Å². The molecule has 0 radical (unpaired) electrons. The molecular weight excluding hydrogens is 299 g/mol. The fourth-order valence-corrected chi connectivity index (χ4v) is 3.18. The van der Waals surface area contributed by atoms with Crippen LogP contribution in [0.4, 0.5) is 10.1 Å². The zero-order valence-corrected chi connectivity index (χ0v) is 13.3. The standard InChI is InChI=1S/C16H19FN4S/c17-15-3-1-4-16(14(15)13-19)21-9-7-20(8-10-21)6-2-11-22-12-5-18/h1,3-4H,2,6-12H2. The van der Waals surface area contributed by atoms with Crippen molar-refractivity contribution in [2.75, 3.05) is 49.1 Å². The predicted molar refractivity (Wildman–Crippen MR) is 87.3 cm³/mol. The van der Waals surface area contributed by atoms with E-state index in [0.29, 0.717) is 11.4 Å². The Balaban J connectivity index is 1.82. The van der Waals surface area contributed by atoms with Crippen LogP contribution in [-0.2, 0) is 0 Å². The first-order valence-electron chi connectivity index (χ1n) is 7.37. The lowest BCUT2D eigenvalue weighted by atomic mass is 10.1. The van der Waals surface area contributed by atoms with E-state index in [1.54, 1.807) is 17.8 Å². The zero-order valence-electron chi connectivity index (χ0n) is 12.5. The summed E-state index contributed by atoms with van der Waals surface area (Å²) >= 11 is 1.67. The second kappa shape index (κ2) is 8.63. The van der Waals surface area contributed by atoms with E-state index in [4.69, 9.17) is 10.5 Å². The molecule has 0 aromatic heterocycles. The van der Waals surface area contributed by atoms with Gasteiger partial charge in [-0.2, -0.15) is 10.5 Å². The highest BCUT2D eigenvalue weighted by Crippen LogP contribution is 2.23. The topological polar surface area (TPSA) is 54.1 Å². The summed E-state index contributed by atoms with van der Waals surface area (Å²) < 4.78 is 13.7. The average molecular weight is 318 g/mol. The minimum Gasteiger partial charge on any atom is -0.368 e. The molecule has 1 aliphatic heterocycles. The summed E-state index contributed by atoms with van der Waals surface area (Å²) in [4.78, 5) is 4.47. The average Bonchev–Trinajstić information content (AvgIpc) is 2.55. The molecule has 0 bridgehead atoms. The van der Waals surface area contributed by atoms with Crippen LogP contribution in [0.5, 0.6) is 0 Å². The van der Waals surface area contributed by atoms with E-state index in [-0.39, 0.29) is 5.56 Å². The molecule has 1 aromatic rings. The molecule has 0 atom stereocenters. The van der Waals surface area contributed by atoms with Crippen LogP contribution in [0.25, 0.3) is 0 Å². The van der Waals surface area contributed by atoms with Crippen LogP contribution in [-0.4, -0.2) is 49.1 Å². The fourth-order valence-electron chi connectivity index (χ4n) is 2.61. The molecular formula is C16H19FN4S. The number of anilines is 1. The molecule has 1 saturated heterocycles. The van der Waals surface area contributed by atoms with Gasteiger partial charge >= 0.3 is 0 Å². The molecule has 0 N–H and O–H groups in total. The number of benzene rings is 1. The van der Waals surface area contributed by atoms with Gasteiger partial charge in [0.15, 0.2) is 0 Å². The van der Waals surface area contributed by atoms with E-state index >= 15 is 0 Å². The Kier molecular flexibility index (Phi) is 6.51. The summed E-state index contributed by atoms with van der Waals surface area (Å²) in [6, 6.07) is 8.90. The fraction of sp³-hybridized carbons (Fsp3) is 0.500. The number of hydrogen-bond acceptors (Lipinski definition) is 5. The number of piperazine rings is 1. The number of nitriles is 2. The van der Waals surface area contributed by atoms with Gasteiger partial charge in [-0.1, -0.05) is 6.07 Å². The first-order chi connectivity index (χ1) is 10.8. The van der Waals surface area contributed by atoms with E-state index < -0.39 is 5.82 Å². The van der Waals surface area contributed by atoms with Gasteiger partial charge in [0, 0.05) is 26.2 Å². The van der Waals surface area contributed by atoms with E-state index in [9.17, 15) is 4.39 Å². The number of hydrogen-bond donors (Lipinski definition) is 0. The van der Waals surface area contributed by atoms with Crippen molar-refractivity contribution in [3.05, 3.63) is 29.6 Å². The third-order valence-electron chi connectivity index (χ3n) is 3.75. The number of halogens is 1. The highest BCUT2D eigenvalue weighted by Gasteiger charge is 2.20. The first kappa shape index (κ1) is 16.6. The van der Waals surface area contributed by atoms with Crippen molar-refractivity contribution in [1.29, 1.82) is 10.5 Å². The van der Waals surface area contributed by atoms with Crippen molar-refractivity contribution >= 4 is 17.4 Å². The maximum atomic E-state index is 13.7. The van der Waals surface area contributed by atoms with Crippen molar-refractivity contribution in [1.82, 2.24) is 4.90 Å². The summed E-state index contributed by atoms with van der Waals surface area (Å²) in [5.41, 5.74) is 0.843. The normalized spacial score (nSPS) is 15.3. The number of thioether (sulfide) groups is 1. The Morgan fingerprint density at radius 2 is 1.95 bits per heavy atom. The molecule has 1 aliphatic rings. The zero-order chi connectivity index (χ0) is 15.8. The second-order valence-electron chi connectivity index (χ2n) is 5.14. The molecule has 4 nitrogen and oxygen atoms in total. The molecule has 116 valence electrons. The van der Waals surface area contributed by atoms with Crippen molar-refractivity contribution in [2.24, 2.45) is 0 Å². The maximum absolute atomic E-state index is 13.7. The van der Waals surface area contributed by atoms with Crippen molar-refractivity contribution < 1.29 is 4.39 Å². The molecule has 1 fully saturated rings. The Morgan fingerprint density at radius 1 is 1.18 bits per heavy atom. The van der Waals surface area contributed by atoms with Gasteiger partial charge in [-0.25, -0.2) is 4.39 Å². The molecule has 0 spiro atoms. The third kappa shape index (κ3) is 4.37. The Morgan fingerprint density at radius 3 is 2.64 bits per heavy atom. The molecule has 2 rings (SSSR count). The maximum Gasteiger partial charge on any atom is 0.143 e. The van der Waals surface area contributed by atoms with Crippen molar-refractivity contribution in [2.45, 2.75) is 6.42 Å². The smallest absolute Gasteiger partial charge is 0.143 e. The number of rotatable bonds is 6. The van der Waals surface area contributed by atoms with Gasteiger partial charge in [-0.05, 0) is 30.9 Å². The summed E-state index contributed by atoms with van der Waals surface area (Å²) in [6.45, 7) is 4.49. The lowest BCUT2D eigenvalue weighted by Crippen LogP contribution is -2.47. The minimum atomic E-state index is -0.447. The van der Waals surface area contributed by atoms with Gasteiger partial charge < -0.3 is 4.90 Å². The van der Waals surface area contributed by atoms with E-state index in [1.807, 2.05) is 12.1 Å². The van der Waals surface area contributed by atoms with Crippen molar-refractivity contribution in [3.8, 4) is 12.1 Å². The SMILES string of the molecule is N#CCSCCCN1CCN(c2cccc(F)c2C#N)CC1. The molecule has 0 aliphatic carbocycles. The lowest BCUT2D eigenvalue weighted by Gasteiger charge is -2.36. The van der Waals surface area contributed by atoms with Crippen LogP contribution in [0.2, 0.25) is 0 Å². The number of nitrogens with zero attached hydrogens (tertiary/aromatic N) is 4. The molecule has 0 amide bonds. The molecule has 22 heavy (non-hydrogen) atoms. The molecule has 1 aromatic carbocycles. The van der Waals surface area contributed by atoms with E-state index in [2.05, 4.69) is 15.9 Å². The van der Waals surface area contributed by atoms with Crippen LogP contribution in [0.15, 0.2) is 18.2 Å². The van der Waals surface area contributed by atoms with Gasteiger partial charge in [-0.3, -0.25) is 4.90 Å². The van der Waals surface area contributed by atoms with Crippen LogP contribution >= 0.6 is 11.8 Å². The largest absolute Gasteiger partial charge is 0.368 e. The van der Waals surface area contributed by atoms with Gasteiger partial charge in [0.1, 0.15) is 17.4 Å². The summed E-state index contributed by atoms with van der Waals surface area (Å²) in [5, 5.41) is 17.6. The molecule has 6 heteroatoms. The van der Waals surface area contributed by atoms with Crippen LogP contribution in [0.1, 0.15) is 12.0 Å². The first-order valence-corrected chi connectivity index (χ1v) is 8.52. The third-order valence-corrected chi connectivity index (χ3v) is 4.66. The highest BCUT2D eigenvalue weighted by atomic mass is 32.2. The lowest BCUT2D eigenvalue weighted by molar-refractivity contribution is 0.259. The summed E-state index contributed by atoms with van der Waals surface area (Å²) in [6.07, 6.45) is 1.08. The monoisotopic (exact) mass is 318 g/mol. The van der Waals surface area contributed by atoms with Crippen molar-refractivity contribution in [3.63, 3.8) is 0 Å². The summed E-state index contributed by atoms with van der Waals surface area (Å²) in [7, 11) is 0. The van der Waals surface area contributed by atoms with Crippen LogP contribution in [0.3, 0.4) is 0 Å². The molecule has 0 saturated carbocycles. The Hall–Kier alpha value is -1.76. The van der Waals surface area contributed by atoms with E-state index in [1.165, 1.54) is 6.07 Å². The van der Waals surface area contributed by atoms with Crippen LogP contribution < -0.4 is 4.90 Å². The highest BCUT2D eigenvalue weighted by molar-refractivity contribution is 7.99. The van der Waals surface area contributed by atoms with Gasteiger partial charge in [0.05, 0.1) is 17.5 Å². The van der Waals surface area contributed by atoms with E-state index in [0.717, 1.165) is 44.9 Å². The second-order valence-corrected chi connectivity index (χ2v) is 6.24. The Labute approximate surface area is 135 Å². The van der Waals surface area contributed by atoms with Gasteiger partial charge in [0.25, 0.3) is 0 Å². The summed E-state index contributed by atoms with van der Waals surface area (Å²) in [5.74, 6) is 1.12. The van der Waals surface area contributed by atoms with Gasteiger partial charge in [-0.15, -0.1) is 11.8 Å².